The second-order valence-electron chi connectivity index (χ2n) is 5.78. The lowest BCUT2D eigenvalue weighted by Crippen LogP contribution is -2.30. The first-order valence-corrected chi connectivity index (χ1v) is 8.38. The fraction of sp³-hybridized carbons (Fsp3) is 0.222. The normalized spacial score (nSPS) is 19.7. The van der Waals surface area contributed by atoms with E-state index in [-0.39, 0.29) is 17.2 Å². The molecule has 0 saturated carbocycles. The number of anilines is 1. The number of benzene rings is 2. The highest BCUT2D eigenvalue weighted by Gasteiger charge is 2.32. The summed E-state index contributed by atoms with van der Waals surface area (Å²) in [5.74, 6) is -1.40. The molecule has 0 amide bonds. The third-order valence-corrected chi connectivity index (χ3v) is 4.70. The molecule has 0 unspecified atom stereocenters. The molecule has 0 saturated heterocycles. The van der Waals surface area contributed by atoms with E-state index in [9.17, 15) is 9.18 Å². The van der Waals surface area contributed by atoms with Crippen LogP contribution in [0.1, 0.15) is 29.2 Å². The van der Waals surface area contributed by atoms with E-state index in [1.807, 2.05) is 0 Å². The maximum absolute atomic E-state index is 14.1. The van der Waals surface area contributed by atoms with Crippen LogP contribution >= 0.6 is 23.8 Å². The van der Waals surface area contributed by atoms with Crippen molar-refractivity contribution in [3.8, 4) is 0 Å². The Hall–Kier alpha value is -2.02. The van der Waals surface area contributed by atoms with Crippen LogP contribution in [0.2, 0.25) is 5.02 Å². The van der Waals surface area contributed by atoms with E-state index in [1.54, 1.807) is 37.3 Å². The molecule has 1 aliphatic heterocycles. The van der Waals surface area contributed by atoms with Gasteiger partial charge >= 0.3 is 5.97 Å². The van der Waals surface area contributed by atoms with Crippen molar-refractivity contribution in [3.63, 3.8) is 0 Å². The summed E-state index contributed by atoms with van der Waals surface area (Å²) >= 11 is 11.4. The van der Waals surface area contributed by atoms with E-state index >= 15 is 0 Å². The molecule has 2 atom stereocenters. The molecule has 1 aliphatic rings. The highest BCUT2D eigenvalue weighted by Crippen LogP contribution is 2.39. The van der Waals surface area contributed by atoms with Gasteiger partial charge in [-0.3, -0.25) is 4.79 Å². The van der Waals surface area contributed by atoms with E-state index < -0.39 is 18.2 Å². The molecule has 1 heterocycles. The van der Waals surface area contributed by atoms with Gasteiger partial charge in [0.15, 0.2) is 0 Å². The number of carbonyl (C=O) groups is 1. The van der Waals surface area contributed by atoms with Crippen molar-refractivity contribution in [2.75, 3.05) is 5.32 Å². The molecule has 25 heavy (non-hydrogen) atoms. The maximum atomic E-state index is 14.1. The Kier molecular flexibility index (Phi) is 5.03. The summed E-state index contributed by atoms with van der Waals surface area (Å²) in [4.78, 5) is 11.4. The van der Waals surface area contributed by atoms with Gasteiger partial charge in [0.1, 0.15) is 23.0 Å². The molecule has 2 aromatic rings. The first kappa shape index (κ1) is 17.8. The molecular formula is C18H15ClFNO3S. The lowest BCUT2D eigenvalue weighted by Gasteiger charge is -2.23. The zero-order valence-corrected chi connectivity index (χ0v) is 14.8. The third-order valence-electron chi connectivity index (χ3n) is 4.10. The van der Waals surface area contributed by atoms with Gasteiger partial charge in [-0.25, -0.2) is 4.39 Å². The van der Waals surface area contributed by atoms with Gasteiger partial charge in [-0.05, 0) is 42.3 Å². The molecule has 2 N–H and O–H groups in total. The quantitative estimate of drug-likeness (QED) is 0.769. The van der Waals surface area contributed by atoms with E-state index in [0.717, 1.165) is 0 Å². The van der Waals surface area contributed by atoms with Crippen LogP contribution in [0.3, 0.4) is 0 Å². The van der Waals surface area contributed by atoms with Gasteiger partial charge in [-0.2, -0.15) is 0 Å². The van der Waals surface area contributed by atoms with Gasteiger partial charge in [0, 0.05) is 16.3 Å². The smallest absolute Gasteiger partial charge is 0.306 e. The molecule has 0 spiro atoms. The van der Waals surface area contributed by atoms with Gasteiger partial charge in [-0.15, -0.1) is 0 Å². The number of thiocarbonyl (C=S) groups is 1. The molecule has 0 aliphatic carbocycles. The van der Waals surface area contributed by atoms with Crippen molar-refractivity contribution in [2.24, 2.45) is 0 Å². The van der Waals surface area contributed by atoms with Crippen LogP contribution in [-0.4, -0.2) is 22.2 Å². The number of fused-ring (bicyclic) bond motifs is 1. The van der Waals surface area contributed by atoms with Crippen LogP contribution in [0, 0.1) is 12.7 Å². The Morgan fingerprint density at radius 1 is 1.36 bits per heavy atom. The van der Waals surface area contributed by atoms with E-state index in [0.29, 0.717) is 27.4 Å². The molecule has 0 bridgehead atoms. The summed E-state index contributed by atoms with van der Waals surface area (Å²) in [6, 6.07) is 9.87. The van der Waals surface area contributed by atoms with Crippen molar-refractivity contribution in [3.05, 3.63) is 63.9 Å². The lowest BCUT2D eigenvalue weighted by molar-refractivity contribution is -0.139. The number of hydrogen-bond donors (Lipinski definition) is 2. The second kappa shape index (κ2) is 7.07. The lowest BCUT2D eigenvalue weighted by atomic mass is 9.96. The van der Waals surface area contributed by atoms with Crippen LogP contribution < -0.4 is 5.32 Å². The number of carboxylic acids is 1. The Labute approximate surface area is 154 Å². The largest absolute Gasteiger partial charge is 0.481 e. The standard InChI is InChI=1S/C18H15ClFNO3S/c1-9-11(3-2-4-13(9)20)17-12-7-10(19)5-6-14(12)21-18(25)15(24-17)8-16(22)23/h2-7,15,17H,8H2,1H3,(H,21,25)(H,22,23)/t15-,17-/m0/s1. The summed E-state index contributed by atoms with van der Waals surface area (Å²) in [5, 5.41) is 12.7. The molecule has 2 aromatic carbocycles. The summed E-state index contributed by atoms with van der Waals surface area (Å²) in [6.07, 6.45) is -1.83. The zero-order valence-electron chi connectivity index (χ0n) is 13.3. The number of aliphatic carboxylic acids is 1. The molecule has 3 rings (SSSR count). The number of nitrogens with one attached hydrogen (secondary N) is 1. The van der Waals surface area contributed by atoms with Gasteiger partial charge in [0.2, 0.25) is 0 Å². The van der Waals surface area contributed by atoms with Crippen molar-refractivity contribution >= 4 is 40.5 Å². The zero-order chi connectivity index (χ0) is 18.1. The van der Waals surface area contributed by atoms with Crippen LogP contribution in [0.25, 0.3) is 0 Å². The number of ether oxygens (including phenoxy) is 1. The van der Waals surface area contributed by atoms with E-state index in [1.165, 1.54) is 6.07 Å². The molecule has 4 nitrogen and oxygen atoms in total. The Bertz CT molecular complexity index is 858. The van der Waals surface area contributed by atoms with E-state index in [4.69, 9.17) is 33.7 Å². The average molecular weight is 380 g/mol. The van der Waals surface area contributed by atoms with Crippen LogP contribution in [0.5, 0.6) is 0 Å². The molecule has 130 valence electrons. The van der Waals surface area contributed by atoms with Crippen molar-refractivity contribution in [1.29, 1.82) is 0 Å². The highest BCUT2D eigenvalue weighted by molar-refractivity contribution is 7.80. The summed E-state index contributed by atoms with van der Waals surface area (Å²) in [7, 11) is 0. The minimum Gasteiger partial charge on any atom is -0.481 e. The second-order valence-corrected chi connectivity index (χ2v) is 6.65. The van der Waals surface area contributed by atoms with Gasteiger partial charge < -0.3 is 15.2 Å². The fourth-order valence-electron chi connectivity index (χ4n) is 2.83. The van der Waals surface area contributed by atoms with Gasteiger partial charge in [0.05, 0.1) is 6.42 Å². The van der Waals surface area contributed by atoms with Crippen molar-refractivity contribution in [1.82, 2.24) is 0 Å². The van der Waals surface area contributed by atoms with Crippen molar-refractivity contribution in [2.45, 2.75) is 25.6 Å². The minimum absolute atomic E-state index is 0.266. The maximum Gasteiger partial charge on any atom is 0.306 e. The van der Waals surface area contributed by atoms with Crippen LogP contribution in [0.4, 0.5) is 10.1 Å². The van der Waals surface area contributed by atoms with Gasteiger partial charge in [-0.1, -0.05) is 36.0 Å². The van der Waals surface area contributed by atoms with Gasteiger partial charge in [0.25, 0.3) is 0 Å². The predicted molar refractivity (Wildman–Crippen MR) is 97.8 cm³/mol. The fourth-order valence-corrected chi connectivity index (χ4v) is 3.25. The summed E-state index contributed by atoms with van der Waals surface area (Å²) in [5.41, 5.74) is 2.37. The third kappa shape index (κ3) is 3.66. The monoisotopic (exact) mass is 379 g/mol. The first-order valence-electron chi connectivity index (χ1n) is 7.59. The summed E-state index contributed by atoms with van der Waals surface area (Å²) in [6.45, 7) is 1.65. The highest BCUT2D eigenvalue weighted by atomic mass is 35.5. The predicted octanol–water partition coefficient (Wildman–Crippen LogP) is 4.49. The topological polar surface area (TPSA) is 58.6 Å². The Morgan fingerprint density at radius 2 is 2.12 bits per heavy atom. The van der Waals surface area contributed by atoms with Crippen LogP contribution in [0.15, 0.2) is 36.4 Å². The van der Waals surface area contributed by atoms with Crippen molar-refractivity contribution < 1.29 is 19.0 Å². The molecular weight excluding hydrogens is 365 g/mol. The van der Waals surface area contributed by atoms with Crippen LogP contribution in [-0.2, 0) is 9.53 Å². The molecule has 0 fully saturated rings. The number of hydrogen-bond acceptors (Lipinski definition) is 3. The number of carboxylic acid groups (broad SMARTS) is 1. The molecule has 0 radical (unpaired) electrons. The number of halogens is 2. The molecule has 7 heteroatoms. The van der Waals surface area contributed by atoms with E-state index in [2.05, 4.69) is 5.32 Å². The average Bonchev–Trinajstić information content (AvgIpc) is 2.67. The Morgan fingerprint density at radius 3 is 2.84 bits per heavy atom. The minimum atomic E-state index is -1.03. The summed E-state index contributed by atoms with van der Waals surface area (Å²) < 4.78 is 20.1. The molecule has 0 aromatic heterocycles. The Balaban J connectivity index is 2.15. The number of rotatable bonds is 3. The SMILES string of the molecule is Cc1c(F)cccc1[C@@H]1O[C@@H](CC(=O)O)C(=S)Nc2ccc(Cl)cc21. The first-order chi connectivity index (χ1) is 11.9.